The van der Waals surface area contributed by atoms with Crippen molar-refractivity contribution in [2.45, 2.75) is 45.3 Å². The molecule has 0 aliphatic carbocycles. The molecule has 2 atom stereocenters. The summed E-state index contributed by atoms with van der Waals surface area (Å²) >= 11 is 0. The maximum absolute atomic E-state index is 12.2. The Kier molecular flexibility index (Phi) is 6.91. The van der Waals surface area contributed by atoms with Gasteiger partial charge in [-0.05, 0) is 39.2 Å². The van der Waals surface area contributed by atoms with Crippen LogP contribution in [0.15, 0.2) is 30.3 Å². The fraction of sp³-hybridized carbons (Fsp3) is 0.471. The number of esters is 1. The summed E-state index contributed by atoms with van der Waals surface area (Å²) in [6, 6.07) is 7.76. The molecule has 24 heavy (non-hydrogen) atoms. The number of ether oxygens (including phenoxy) is 2. The molecule has 1 aromatic rings. The average Bonchev–Trinajstić information content (AvgIpc) is 2.45. The third-order valence-corrected chi connectivity index (χ3v) is 3.09. The van der Waals surface area contributed by atoms with Gasteiger partial charge >= 0.3 is 18.1 Å². The lowest BCUT2D eigenvalue weighted by molar-refractivity contribution is -0.147. The average molecular weight is 337 g/mol. The molecule has 0 saturated heterocycles. The van der Waals surface area contributed by atoms with Gasteiger partial charge in [0.05, 0.1) is 5.92 Å². The summed E-state index contributed by atoms with van der Waals surface area (Å²) < 4.78 is 9.62. The number of nitrogens with two attached hydrogens (primary N) is 1. The van der Waals surface area contributed by atoms with Crippen LogP contribution in [-0.4, -0.2) is 34.8 Å². The summed E-state index contributed by atoms with van der Waals surface area (Å²) in [7, 11) is 0. The first-order valence-electron chi connectivity index (χ1n) is 7.55. The molecule has 0 radical (unpaired) electrons. The number of hydrogen-bond donors (Lipinski definition) is 2. The molecule has 0 saturated carbocycles. The van der Waals surface area contributed by atoms with E-state index in [1.165, 1.54) is 0 Å². The van der Waals surface area contributed by atoms with Crippen LogP contribution in [0.25, 0.3) is 0 Å². The Morgan fingerprint density at radius 3 is 2.25 bits per heavy atom. The van der Waals surface area contributed by atoms with E-state index in [0.717, 1.165) is 5.56 Å². The summed E-state index contributed by atoms with van der Waals surface area (Å²) in [5.74, 6) is -2.95. The van der Waals surface area contributed by atoms with E-state index >= 15 is 0 Å². The van der Waals surface area contributed by atoms with Crippen LogP contribution >= 0.6 is 0 Å². The molecular weight excluding hydrogens is 314 g/mol. The number of hydrogen-bond acceptors (Lipinski definition) is 6. The second kappa shape index (κ2) is 8.44. The highest BCUT2D eigenvalue weighted by Crippen LogP contribution is 2.17. The maximum atomic E-state index is 12.2. The fourth-order valence-electron chi connectivity index (χ4n) is 2.01. The van der Waals surface area contributed by atoms with E-state index in [1.54, 1.807) is 45.0 Å². The molecular formula is C17H23NO6. The Morgan fingerprint density at radius 2 is 1.75 bits per heavy atom. The normalized spacial score (nSPS) is 13.7. The molecule has 132 valence electrons. The summed E-state index contributed by atoms with van der Waals surface area (Å²) in [4.78, 5) is 34.8. The SMILES string of the molecule is CC(C)(C)OC(=O)OC(=O)C(Cc1ccccc1)C[C@@H](N)C(=O)O. The van der Waals surface area contributed by atoms with Gasteiger partial charge in [0.25, 0.3) is 0 Å². The van der Waals surface area contributed by atoms with Crippen molar-refractivity contribution in [1.82, 2.24) is 0 Å². The minimum atomic E-state index is -1.23. The molecule has 0 aromatic heterocycles. The molecule has 7 nitrogen and oxygen atoms in total. The Bertz CT molecular complexity index is 578. The first-order chi connectivity index (χ1) is 11.1. The van der Waals surface area contributed by atoms with Crippen LogP contribution in [0.3, 0.4) is 0 Å². The van der Waals surface area contributed by atoms with Crippen molar-refractivity contribution in [3.05, 3.63) is 35.9 Å². The highest BCUT2D eigenvalue weighted by molar-refractivity contribution is 5.84. The van der Waals surface area contributed by atoms with Crippen LogP contribution in [0, 0.1) is 5.92 Å². The standard InChI is InChI=1S/C17H23NO6/c1-17(2,3)24-16(22)23-15(21)12(10-13(18)14(19)20)9-11-7-5-4-6-8-11/h4-8,12-13H,9-10,18H2,1-3H3,(H,19,20)/t12?,13-/m1/s1. The van der Waals surface area contributed by atoms with E-state index in [0.29, 0.717) is 0 Å². The van der Waals surface area contributed by atoms with E-state index < -0.39 is 35.7 Å². The van der Waals surface area contributed by atoms with Crippen LogP contribution in [0.4, 0.5) is 4.79 Å². The van der Waals surface area contributed by atoms with Gasteiger partial charge in [0.1, 0.15) is 11.6 Å². The molecule has 0 aliphatic heterocycles. The van der Waals surface area contributed by atoms with E-state index in [-0.39, 0.29) is 12.8 Å². The van der Waals surface area contributed by atoms with Crippen molar-refractivity contribution in [2.75, 3.05) is 0 Å². The molecule has 1 rings (SSSR count). The summed E-state index contributed by atoms with van der Waals surface area (Å²) in [6.07, 6.45) is -1.05. The first kappa shape index (κ1) is 19.6. The minimum Gasteiger partial charge on any atom is -0.480 e. The van der Waals surface area contributed by atoms with E-state index in [1.807, 2.05) is 6.07 Å². The van der Waals surface area contributed by atoms with Crippen LogP contribution in [0.5, 0.6) is 0 Å². The number of rotatable bonds is 6. The van der Waals surface area contributed by atoms with Crippen LogP contribution in [-0.2, 0) is 25.5 Å². The van der Waals surface area contributed by atoms with Gasteiger partial charge < -0.3 is 20.3 Å². The summed E-state index contributed by atoms with van der Waals surface area (Å²) in [5, 5.41) is 8.94. The Hall–Kier alpha value is -2.41. The molecule has 0 aliphatic rings. The van der Waals surface area contributed by atoms with Crippen LogP contribution in [0.2, 0.25) is 0 Å². The van der Waals surface area contributed by atoms with Crippen molar-refractivity contribution in [3.63, 3.8) is 0 Å². The second-order valence-corrected chi connectivity index (χ2v) is 6.45. The number of carboxylic acids is 1. The van der Waals surface area contributed by atoms with Gasteiger partial charge in [0.2, 0.25) is 0 Å². The molecule has 0 fully saturated rings. The second-order valence-electron chi connectivity index (χ2n) is 6.45. The van der Waals surface area contributed by atoms with Crippen LogP contribution < -0.4 is 5.73 Å². The maximum Gasteiger partial charge on any atom is 0.516 e. The van der Waals surface area contributed by atoms with Crippen molar-refractivity contribution in [2.24, 2.45) is 11.7 Å². The zero-order valence-electron chi connectivity index (χ0n) is 14.0. The summed E-state index contributed by atoms with van der Waals surface area (Å²) in [6.45, 7) is 4.92. The van der Waals surface area contributed by atoms with Crippen LogP contribution in [0.1, 0.15) is 32.8 Å². The Labute approximate surface area is 140 Å². The molecule has 7 heteroatoms. The van der Waals surface area contributed by atoms with E-state index in [9.17, 15) is 14.4 Å². The summed E-state index contributed by atoms with van der Waals surface area (Å²) in [5.41, 5.74) is 5.52. The number of aliphatic carboxylic acids is 1. The molecule has 3 N–H and O–H groups in total. The highest BCUT2D eigenvalue weighted by atomic mass is 16.7. The Balaban J connectivity index is 2.81. The third kappa shape index (κ3) is 7.23. The number of benzene rings is 1. The highest BCUT2D eigenvalue weighted by Gasteiger charge is 2.29. The topological polar surface area (TPSA) is 116 Å². The minimum absolute atomic E-state index is 0.147. The van der Waals surface area contributed by atoms with E-state index in [4.69, 9.17) is 20.3 Å². The lowest BCUT2D eigenvalue weighted by Crippen LogP contribution is -2.36. The fourth-order valence-corrected chi connectivity index (χ4v) is 2.01. The van der Waals surface area contributed by atoms with Gasteiger partial charge in [0, 0.05) is 0 Å². The molecule has 0 spiro atoms. The van der Waals surface area contributed by atoms with Crippen molar-refractivity contribution < 1.29 is 29.0 Å². The molecule has 0 bridgehead atoms. The van der Waals surface area contributed by atoms with Crippen molar-refractivity contribution >= 4 is 18.1 Å². The first-order valence-corrected chi connectivity index (χ1v) is 7.55. The zero-order chi connectivity index (χ0) is 18.3. The number of carbonyl (C=O) groups excluding carboxylic acids is 2. The lowest BCUT2D eigenvalue weighted by Gasteiger charge is -2.21. The monoisotopic (exact) mass is 337 g/mol. The predicted molar refractivity (Wildman–Crippen MR) is 86.2 cm³/mol. The Morgan fingerprint density at radius 1 is 1.17 bits per heavy atom. The smallest absolute Gasteiger partial charge is 0.480 e. The quantitative estimate of drug-likeness (QED) is 0.603. The third-order valence-electron chi connectivity index (χ3n) is 3.09. The van der Waals surface area contributed by atoms with Crippen molar-refractivity contribution in [3.8, 4) is 0 Å². The van der Waals surface area contributed by atoms with Gasteiger partial charge in [-0.1, -0.05) is 30.3 Å². The number of carbonyl (C=O) groups is 3. The van der Waals surface area contributed by atoms with Gasteiger partial charge in [-0.3, -0.25) is 9.59 Å². The molecule has 0 heterocycles. The van der Waals surface area contributed by atoms with Gasteiger partial charge in [0.15, 0.2) is 0 Å². The zero-order valence-corrected chi connectivity index (χ0v) is 14.0. The van der Waals surface area contributed by atoms with Gasteiger partial charge in [-0.2, -0.15) is 0 Å². The molecule has 1 unspecified atom stereocenters. The van der Waals surface area contributed by atoms with Gasteiger partial charge in [-0.15, -0.1) is 0 Å². The van der Waals surface area contributed by atoms with Crippen molar-refractivity contribution in [1.29, 1.82) is 0 Å². The lowest BCUT2D eigenvalue weighted by atomic mass is 9.93. The number of carboxylic acid groups (broad SMARTS) is 1. The molecule has 1 aromatic carbocycles. The van der Waals surface area contributed by atoms with Gasteiger partial charge in [-0.25, -0.2) is 4.79 Å². The van der Waals surface area contributed by atoms with E-state index in [2.05, 4.69) is 0 Å². The largest absolute Gasteiger partial charge is 0.516 e. The molecule has 0 amide bonds. The predicted octanol–water partition coefficient (Wildman–Crippen LogP) is 2.13.